The summed E-state index contributed by atoms with van der Waals surface area (Å²) in [5.41, 5.74) is 0.776. The second kappa shape index (κ2) is 7.02. The first-order valence-electron chi connectivity index (χ1n) is 8.86. The van der Waals surface area contributed by atoms with E-state index in [4.69, 9.17) is 13.9 Å². The van der Waals surface area contributed by atoms with Crippen molar-refractivity contribution in [3.05, 3.63) is 35.6 Å². The lowest BCUT2D eigenvalue weighted by Gasteiger charge is -2.32. The molecule has 0 atom stereocenters. The molecule has 0 unspecified atom stereocenters. The Morgan fingerprint density at radius 3 is 2.46 bits per heavy atom. The summed E-state index contributed by atoms with van der Waals surface area (Å²) in [6.07, 6.45) is 1.38. The highest BCUT2D eigenvalue weighted by atomic mass is 16.6. The van der Waals surface area contributed by atoms with Crippen molar-refractivity contribution in [3.63, 3.8) is 0 Å². The standard InChI is InChI=1S/C20H25NO5/c1-20(2,3)26-19(23)21-9-7-13(8-10-21)17-12-15-11-14(18(22)24-4)5-6-16(15)25-17/h5-6,11-13H,7-10H2,1-4H3. The van der Waals surface area contributed by atoms with Crippen LogP contribution in [0, 0.1) is 0 Å². The largest absolute Gasteiger partial charge is 0.465 e. The van der Waals surface area contributed by atoms with Crippen LogP contribution in [-0.2, 0) is 9.47 Å². The Hall–Kier alpha value is -2.50. The van der Waals surface area contributed by atoms with Crippen LogP contribution in [0.25, 0.3) is 11.0 Å². The first kappa shape index (κ1) is 18.3. The highest BCUT2D eigenvalue weighted by Crippen LogP contribution is 2.33. The molecule has 1 saturated heterocycles. The van der Waals surface area contributed by atoms with Crippen LogP contribution in [0.5, 0.6) is 0 Å². The Kier molecular flexibility index (Phi) is 4.94. The van der Waals surface area contributed by atoms with Gasteiger partial charge in [-0.05, 0) is 57.9 Å². The fourth-order valence-corrected chi connectivity index (χ4v) is 3.18. The Morgan fingerprint density at radius 1 is 1.15 bits per heavy atom. The molecule has 1 aliphatic heterocycles. The van der Waals surface area contributed by atoms with Gasteiger partial charge < -0.3 is 18.8 Å². The van der Waals surface area contributed by atoms with Crippen LogP contribution in [0.1, 0.15) is 55.6 Å². The molecule has 1 amide bonds. The van der Waals surface area contributed by atoms with E-state index < -0.39 is 5.60 Å². The summed E-state index contributed by atoms with van der Waals surface area (Å²) in [7, 11) is 1.37. The number of hydrogen-bond acceptors (Lipinski definition) is 5. The fourth-order valence-electron chi connectivity index (χ4n) is 3.18. The molecule has 3 rings (SSSR count). The van der Waals surface area contributed by atoms with Crippen molar-refractivity contribution in [2.24, 2.45) is 0 Å². The predicted molar refractivity (Wildman–Crippen MR) is 97.3 cm³/mol. The highest BCUT2D eigenvalue weighted by molar-refractivity contribution is 5.94. The SMILES string of the molecule is COC(=O)c1ccc2oc(C3CCN(C(=O)OC(C)(C)C)CC3)cc2c1. The van der Waals surface area contributed by atoms with Crippen LogP contribution in [0.2, 0.25) is 0 Å². The lowest BCUT2D eigenvalue weighted by Crippen LogP contribution is -2.41. The number of rotatable bonds is 2. The number of furan rings is 1. The summed E-state index contributed by atoms with van der Waals surface area (Å²) in [6.45, 7) is 6.89. The number of methoxy groups -OCH3 is 1. The maximum Gasteiger partial charge on any atom is 0.410 e. The minimum Gasteiger partial charge on any atom is -0.465 e. The van der Waals surface area contributed by atoms with Gasteiger partial charge in [-0.2, -0.15) is 0 Å². The number of amides is 1. The average molecular weight is 359 g/mol. The summed E-state index contributed by atoms with van der Waals surface area (Å²) in [5, 5.41) is 0.887. The Balaban J connectivity index is 1.67. The second-order valence-electron chi connectivity index (χ2n) is 7.63. The highest BCUT2D eigenvalue weighted by Gasteiger charge is 2.29. The number of likely N-dealkylation sites (tertiary alicyclic amines) is 1. The molecule has 1 aromatic carbocycles. The zero-order chi connectivity index (χ0) is 18.9. The number of benzene rings is 1. The first-order chi connectivity index (χ1) is 12.3. The van der Waals surface area contributed by atoms with Crippen LogP contribution in [0.4, 0.5) is 4.79 Å². The van der Waals surface area contributed by atoms with Gasteiger partial charge >= 0.3 is 12.1 Å². The smallest absolute Gasteiger partial charge is 0.410 e. The van der Waals surface area contributed by atoms with Gasteiger partial charge in [-0.15, -0.1) is 0 Å². The number of ether oxygens (including phenoxy) is 2. The third-order valence-corrected chi connectivity index (χ3v) is 4.51. The Labute approximate surface area is 153 Å². The van der Waals surface area contributed by atoms with E-state index in [2.05, 4.69) is 0 Å². The number of hydrogen-bond donors (Lipinski definition) is 0. The van der Waals surface area contributed by atoms with Gasteiger partial charge in [-0.25, -0.2) is 9.59 Å². The third-order valence-electron chi connectivity index (χ3n) is 4.51. The van der Waals surface area contributed by atoms with E-state index in [9.17, 15) is 9.59 Å². The van der Waals surface area contributed by atoms with Crippen LogP contribution in [0.3, 0.4) is 0 Å². The summed E-state index contributed by atoms with van der Waals surface area (Å²) >= 11 is 0. The molecule has 1 aromatic heterocycles. The van der Waals surface area contributed by atoms with Gasteiger partial charge in [0.25, 0.3) is 0 Å². The van der Waals surface area contributed by atoms with Crippen molar-refractivity contribution in [3.8, 4) is 0 Å². The molecule has 0 saturated carbocycles. The normalized spacial score (nSPS) is 15.9. The van der Waals surface area contributed by atoms with Crippen LogP contribution in [-0.4, -0.2) is 42.8 Å². The van der Waals surface area contributed by atoms with Gasteiger partial charge in [0.2, 0.25) is 0 Å². The summed E-state index contributed by atoms with van der Waals surface area (Å²) in [4.78, 5) is 25.6. The zero-order valence-electron chi connectivity index (χ0n) is 15.7. The topological polar surface area (TPSA) is 69.0 Å². The van der Waals surface area contributed by atoms with Crippen molar-refractivity contribution in [2.45, 2.75) is 45.1 Å². The van der Waals surface area contributed by atoms with E-state index in [1.165, 1.54) is 7.11 Å². The Morgan fingerprint density at radius 2 is 1.85 bits per heavy atom. The van der Waals surface area contributed by atoms with E-state index in [1.54, 1.807) is 23.1 Å². The first-order valence-corrected chi connectivity index (χ1v) is 8.86. The van der Waals surface area contributed by atoms with Gasteiger partial charge in [0.1, 0.15) is 16.9 Å². The maximum atomic E-state index is 12.2. The molecule has 0 N–H and O–H groups in total. The summed E-state index contributed by atoms with van der Waals surface area (Å²) < 4.78 is 16.2. The van der Waals surface area contributed by atoms with E-state index in [0.717, 1.165) is 29.6 Å². The number of carbonyl (C=O) groups is 2. The molecule has 1 aliphatic rings. The van der Waals surface area contributed by atoms with Crippen LogP contribution < -0.4 is 0 Å². The van der Waals surface area contributed by atoms with E-state index in [1.807, 2.05) is 26.8 Å². The number of piperidine rings is 1. The van der Waals surface area contributed by atoms with Crippen LogP contribution in [0.15, 0.2) is 28.7 Å². The van der Waals surface area contributed by atoms with Gasteiger partial charge in [-0.1, -0.05) is 0 Å². The fraction of sp³-hybridized carbons (Fsp3) is 0.500. The van der Waals surface area contributed by atoms with Gasteiger partial charge in [0.05, 0.1) is 12.7 Å². The van der Waals surface area contributed by atoms with E-state index >= 15 is 0 Å². The van der Waals surface area contributed by atoms with E-state index in [-0.39, 0.29) is 18.0 Å². The van der Waals surface area contributed by atoms with Gasteiger partial charge in [-0.3, -0.25) is 0 Å². The predicted octanol–water partition coefficient (Wildman–Crippen LogP) is 4.33. The number of fused-ring (bicyclic) bond motifs is 1. The van der Waals surface area contributed by atoms with E-state index in [0.29, 0.717) is 18.7 Å². The average Bonchev–Trinajstić information content (AvgIpc) is 3.02. The summed E-state index contributed by atoms with van der Waals surface area (Å²) in [6, 6.07) is 7.26. The number of esters is 1. The van der Waals surface area contributed by atoms with Crippen molar-refractivity contribution in [1.29, 1.82) is 0 Å². The van der Waals surface area contributed by atoms with Crippen molar-refractivity contribution < 1.29 is 23.5 Å². The van der Waals surface area contributed by atoms with Gasteiger partial charge in [0.15, 0.2) is 0 Å². The maximum absolute atomic E-state index is 12.2. The third kappa shape index (κ3) is 4.00. The number of nitrogens with zero attached hydrogens (tertiary/aromatic N) is 1. The molecule has 0 bridgehead atoms. The molecule has 0 aliphatic carbocycles. The monoisotopic (exact) mass is 359 g/mol. The number of carbonyl (C=O) groups excluding carboxylic acids is 2. The van der Waals surface area contributed by atoms with Gasteiger partial charge in [0, 0.05) is 24.4 Å². The molecule has 0 radical (unpaired) electrons. The second-order valence-corrected chi connectivity index (χ2v) is 7.63. The minimum absolute atomic E-state index is 0.252. The quantitative estimate of drug-likeness (QED) is 0.746. The molecule has 6 heteroatoms. The molecule has 2 aromatic rings. The molecule has 140 valence electrons. The van der Waals surface area contributed by atoms with Crippen molar-refractivity contribution >= 4 is 23.0 Å². The molecular weight excluding hydrogens is 334 g/mol. The molecule has 1 fully saturated rings. The zero-order valence-corrected chi connectivity index (χ0v) is 15.7. The van der Waals surface area contributed by atoms with Crippen molar-refractivity contribution in [1.82, 2.24) is 4.90 Å². The lowest BCUT2D eigenvalue weighted by atomic mass is 9.94. The molecule has 2 heterocycles. The molecular formula is C20H25NO5. The minimum atomic E-state index is -0.482. The molecule has 6 nitrogen and oxygen atoms in total. The summed E-state index contributed by atoms with van der Waals surface area (Å²) in [5.74, 6) is 0.786. The van der Waals surface area contributed by atoms with Crippen LogP contribution >= 0.6 is 0 Å². The molecule has 0 spiro atoms. The van der Waals surface area contributed by atoms with Crippen molar-refractivity contribution in [2.75, 3.05) is 20.2 Å². The lowest BCUT2D eigenvalue weighted by molar-refractivity contribution is 0.0200. The molecule has 26 heavy (non-hydrogen) atoms. The Bertz CT molecular complexity index is 809.